The number of thiocarbonyl (C=S) groups is 1. The molecule has 1 unspecified atom stereocenters. The fourth-order valence-electron chi connectivity index (χ4n) is 3.12. The Morgan fingerprint density at radius 3 is 2.67 bits per heavy atom. The van der Waals surface area contributed by atoms with E-state index in [2.05, 4.69) is 11.9 Å². The number of hydrogen-bond acceptors (Lipinski definition) is 8. The molecule has 1 aromatic carbocycles. The van der Waals surface area contributed by atoms with Gasteiger partial charge in [-0.15, -0.1) is 6.58 Å². The zero-order valence-corrected chi connectivity index (χ0v) is 16.7. The van der Waals surface area contributed by atoms with Crippen LogP contribution in [0.15, 0.2) is 54.6 Å². The highest BCUT2D eigenvalue weighted by atomic mass is 32.1. The summed E-state index contributed by atoms with van der Waals surface area (Å²) in [6.07, 6.45) is -4.26. The first-order chi connectivity index (χ1) is 14.3. The van der Waals surface area contributed by atoms with Gasteiger partial charge in [0.1, 0.15) is 30.0 Å². The Morgan fingerprint density at radius 1 is 1.30 bits per heavy atom. The third-order valence-electron chi connectivity index (χ3n) is 4.67. The van der Waals surface area contributed by atoms with E-state index in [0.29, 0.717) is 5.56 Å². The molecule has 0 bridgehead atoms. The lowest BCUT2D eigenvalue weighted by molar-refractivity contribution is -0.281. The molecule has 2 saturated heterocycles. The molecule has 1 aromatic rings. The van der Waals surface area contributed by atoms with Gasteiger partial charge in [0.15, 0.2) is 11.4 Å². The third-order valence-corrected chi connectivity index (χ3v) is 4.99. The molecule has 9 nitrogen and oxygen atoms in total. The van der Waals surface area contributed by atoms with E-state index in [1.165, 1.54) is 6.08 Å². The van der Waals surface area contributed by atoms with Crippen molar-refractivity contribution in [3.05, 3.63) is 60.2 Å². The van der Waals surface area contributed by atoms with Crippen LogP contribution in [0.2, 0.25) is 0 Å². The predicted octanol–water partition coefficient (Wildman–Crippen LogP) is -0.461. The van der Waals surface area contributed by atoms with E-state index in [-0.39, 0.29) is 18.3 Å². The van der Waals surface area contributed by atoms with E-state index in [0.717, 1.165) is 11.0 Å². The number of aliphatic hydroxyl groups is 3. The molecule has 0 radical (unpaired) electrons. The normalized spacial score (nSPS) is 28.2. The molecule has 10 heteroatoms. The fraction of sp³-hybridized carbons (Fsp3) is 0.350. The second-order valence-corrected chi connectivity index (χ2v) is 7.16. The Bertz CT molecular complexity index is 860. The summed E-state index contributed by atoms with van der Waals surface area (Å²) >= 11 is 4.96. The maximum atomic E-state index is 12.5. The number of benzene rings is 1. The minimum absolute atomic E-state index is 0.0640. The number of ether oxygens (including phenoxy) is 2. The van der Waals surface area contributed by atoms with Crippen molar-refractivity contribution in [1.29, 1.82) is 0 Å². The molecule has 0 spiro atoms. The second kappa shape index (κ2) is 9.56. The zero-order chi connectivity index (χ0) is 21.8. The van der Waals surface area contributed by atoms with Crippen molar-refractivity contribution >= 4 is 29.1 Å². The van der Waals surface area contributed by atoms with E-state index >= 15 is 0 Å². The van der Waals surface area contributed by atoms with Crippen LogP contribution in [-0.4, -0.2) is 74.7 Å². The van der Waals surface area contributed by atoms with Gasteiger partial charge in [0.05, 0.1) is 6.61 Å². The number of aliphatic hydroxyl groups excluding tert-OH is 3. The summed E-state index contributed by atoms with van der Waals surface area (Å²) in [5.74, 6) is -1.53. The standard InChI is InChI=1S/C20H22N2O7S/c1-2-8-22-18(27)12(17(26)21-20(22)30)9-13(23)15(25)16-14(24)10-28-19(29-16)11-6-4-3-5-7-11/h2-7,9,13-16,19,23-25H,1,8,10H2,(H,21,26,30)/b12-9+/t13-,14+,15+,16+,19?/m0/s1. The molecule has 30 heavy (non-hydrogen) atoms. The lowest BCUT2D eigenvalue weighted by Gasteiger charge is -2.37. The molecular formula is C20H22N2O7S. The van der Waals surface area contributed by atoms with Crippen molar-refractivity contribution < 1.29 is 34.4 Å². The Hall–Kier alpha value is -2.47. The molecule has 0 aromatic heterocycles. The number of carbonyl (C=O) groups is 2. The van der Waals surface area contributed by atoms with Crippen LogP contribution in [0.1, 0.15) is 11.9 Å². The highest BCUT2D eigenvalue weighted by Crippen LogP contribution is 2.29. The van der Waals surface area contributed by atoms with Crippen molar-refractivity contribution in [1.82, 2.24) is 10.2 Å². The van der Waals surface area contributed by atoms with E-state index in [9.17, 15) is 24.9 Å². The average molecular weight is 434 g/mol. The van der Waals surface area contributed by atoms with Crippen LogP contribution in [-0.2, 0) is 19.1 Å². The predicted molar refractivity (Wildman–Crippen MR) is 109 cm³/mol. The fourth-order valence-corrected chi connectivity index (χ4v) is 3.37. The number of rotatable bonds is 6. The van der Waals surface area contributed by atoms with Crippen molar-refractivity contribution in [3.8, 4) is 0 Å². The van der Waals surface area contributed by atoms with Crippen LogP contribution in [0.5, 0.6) is 0 Å². The molecule has 2 aliphatic rings. The van der Waals surface area contributed by atoms with E-state index in [4.69, 9.17) is 21.7 Å². The molecule has 2 amide bonds. The Labute approximate surface area is 178 Å². The SMILES string of the molecule is C=CCN1C(=O)/C(=C/[C@H](O)[C@@H](O)[C@@H]2OC(c3ccccc3)OC[C@H]2O)C(=O)NC1=S. The summed E-state index contributed by atoms with van der Waals surface area (Å²) in [7, 11) is 0. The second-order valence-electron chi connectivity index (χ2n) is 6.77. The molecule has 160 valence electrons. The van der Waals surface area contributed by atoms with Gasteiger partial charge in [0.2, 0.25) is 0 Å². The van der Waals surface area contributed by atoms with Gasteiger partial charge in [0, 0.05) is 12.1 Å². The number of hydrogen-bond donors (Lipinski definition) is 4. The van der Waals surface area contributed by atoms with E-state index in [1.807, 2.05) is 6.07 Å². The Kier molecular flexibility index (Phi) is 7.08. The third kappa shape index (κ3) is 4.64. The summed E-state index contributed by atoms with van der Waals surface area (Å²) in [6.45, 7) is 3.46. The summed E-state index contributed by atoms with van der Waals surface area (Å²) in [4.78, 5) is 25.8. The number of carbonyl (C=O) groups excluding carboxylic acids is 2. The van der Waals surface area contributed by atoms with Crippen LogP contribution >= 0.6 is 12.2 Å². The number of nitrogens with one attached hydrogen (secondary N) is 1. The molecule has 2 heterocycles. The maximum Gasteiger partial charge on any atom is 0.265 e. The smallest absolute Gasteiger partial charge is 0.265 e. The van der Waals surface area contributed by atoms with Crippen LogP contribution in [0, 0.1) is 0 Å². The zero-order valence-electron chi connectivity index (χ0n) is 15.9. The van der Waals surface area contributed by atoms with Crippen LogP contribution in [0.25, 0.3) is 0 Å². The van der Waals surface area contributed by atoms with Gasteiger partial charge in [-0.3, -0.25) is 19.8 Å². The Morgan fingerprint density at radius 2 is 2.00 bits per heavy atom. The highest BCUT2D eigenvalue weighted by Gasteiger charge is 2.40. The topological polar surface area (TPSA) is 129 Å². The first kappa shape index (κ1) is 22.2. The number of nitrogens with zero attached hydrogens (tertiary/aromatic N) is 1. The van der Waals surface area contributed by atoms with Crippen molar-refractivity contribution in [2.45, 2.75) is 30.7 Å². The first-order valence-electron chi connectivity index (χ1n) is 9.19. The molecule has 3 rings (SSSR count). The molecule has 5 atom stereocenters. The highest BCUT2D eigenvalue weighted by molar-refractivity contribution is 7.80. The van der Waals surface area contributed by atoms with Crippen molar-refractivity contribution in [3.63, 3.8) is 0 Å². The van der Waals surface area contributed by atoms with Crippen molar-refractivity contribution in [2.75, 3.05) is 13.2 Å². The average Bonchev–Trinajstić information content (AvgIpc) is 2.74. The lowest BCUT2D eigenvalue weighted by Crippen LogP contribution is -2.55. The molecule has 4 N–H and O–H groups in total. The van der Waals surface area contributed by atoms with Gasteiger partial charge < -0.3 is 24.8 Å². The summed E-state index contributed by atoms with van der Waals surface area (Å²) in [5, 5.41) is 33.5. The van der Waals surface area contributed by atoms with Crippen LogP contribution in [0.4, 0.5) is 0 Å². The van der Waals surface area contributed by atoms with Gasteiger partial charge in [-0.2, -0.15) is 0 Å². The van der Waals surface area contributed by atoms with Crippen molar-refractivity contribution in [2.24, 2.45) is 0 Å². The molecule has 2 fully saturated rings. The van der Waals surface area contributed by atoms with Gasteiger partial charge in [0.25, 0.3) is 11.8 Å². The molecule has 2 aliphatic heterocycles. The lowest BCUT2D eigenvalue weighted by atomic mass is 9.99. The molecule has 0 aliphatic carbocycles. The van der Waals surface area contributed by atoms with Gasteiger partial charge in [-0.1, -0.05) is 36.4 Å². The summed E-state index contributed by atoms with van der Waals surface area (Å²) in [5.41, 5.74) is 0.281. The van der Waals surface area contributed by atoms with E-state index < -0.39 is 48.1 Å². The maximum absolute atomic E-state index is 12.5. The summed E-state index contributed by atoms with van der Waals surface area (Å²) in [6, 6.07) is 8.89. The number of amides is 2. The summed E-state index contributed by atoms with van der Waals surface area (Å²) < 4.78 is 11.1. The van der Waals surface area contributed by atoms with Crippen LogP contribution in [0.3, 0.4) is 0 Å². The first-order valence-corrected chi connectivity index (χ1v) is 9.60. The molecule has 0 saturated carbocycles. The minimum Gasteiger partial charge on any atom is -0.388 e. The van der Waals surface area contributed by atoms with Gasteiger partial charge >= 0.3 is 0 Å². The van der Waals surface area contributed by atoms with Crippen LogP contribution < -0.4 is 5.32 Å². The quantitative estimate of drug-likeness (QED) is 0.205. The molecular weight excluding hydrogens is 412 g/mol. The van der Waals surface area contributed by atoms with Gasteiger partial charge in [-0.05, 0) is 18.3 Å². The monoisotopic (exact) mass is 434 g/mol. The van der Waals surface area contributed by atoms with E-state index in [1.54, 1.807) is 24.3 Å². The minimum atomic E-state index is -1.68. The Balaban J connectivity index is 1.77. The van der Waals surface area contributed by atoms with Gasteiger partial charge in [-0.25, -0.2) is 0 Å². The largest absolute Gasteiger partial charge is 0.388 e.